The second-order valence-corrected chi connectivity index (χ2v) is 5.69. The van der Waals surface area contributed by atoms with Crippen molar-refractivity contribution >= 4 is 16.9 Å². The molecular weight excluding hydrogens is 305 g/mol. The minimum Gasteiger partial charge on any atom is -0.345 e. The third kappa shape index (κ3) is 3.35. The molecule has 0 aliphatic heterocycles. The number of nitrogens with zero attached hydrogens (tertiary/aromatic N) is 2. The maximum absolute atomic E-state index is 13.1. The second-order valence-electron chi connectivity index (χ2n) is 5.69. The summed E-state index contributed by atoms with van der Waals surface area (Å²) >= 11 is 0. The lowest BCUT2D eigenvalue weighted by Gasteiger charge is -2.10. The first-order valence-corrected chi connectivity index (χ1v) is 7.67. The quantitative estimate of drug-likeness (QED) is 0.731. The summed E-state index contributed by atoms with van der Waals surface area (Å²) in [6.07, 6.45) is 0. The molecule has 0 saturated heterocycles. The average molecular weight is 323 g/mol. The van der Waals surface area contributed by atoms with Crippen LogP contribution in [0.2, 0.25) is 0 Å². The van der Waals surface area contributed by atoms with Crippen LogP contribution in [0.3, 0.4) is 0 Å². The summed E-state index contributed by atoms with van der Waals surface area (Å²) in [5, 5.41) is 2.81. The number of hydrogen-bond acceptors (Lipinski definition) is 2. The van der Waals surface area contributed by atoms with Crippen LogP contribution in [-0.4, -0.2) is 15.5 Å². The summed E-state index contributed by atoms with van der Waals surface area (Å²) in [5.74, 6) is 0.286. The fourth-order valence-corrected chi connectivity index (χ4v) is 2.52. The van der Waals surface area contributed by atoms with Crippen LogP contribution in [0.5, 0.6) is 0 Å². The molecule has 0 bridgehead atoms. The number of amides is 1. The van der Waals surface area contributed by atoms with Gasteiger partial charge in [-0.15, -0.1) is 0 Å². The number of para-hydroxylation sites is 2. The molecule has 1 aromatic heterocycles. The smallest absolute Gasteiger partial charge is 0.246 e. The molecule has 4 nitrogen and oxygen atoms in total. The van der Waals surface area contributed by atoms with Crippen LogP contribution in [0, 0.1) is 5.82 Å². The molecule has 1 amide bonds. The molecule has 0 atom stereocenters. The summed E-state index contributed by atoms with van der Waals surface area (Å²) in [7, 11) is 0. The van der Waals surface area contributed by atoms with E-state index in [1.807, 2.05) is 28.8 Å². The first kappa shape index (κ1) is 15.9. The highest BCUT2D eigenvalue weighted by Crippen LogP contribution is 2.18. The molecule has 5 heteroatoms. The molecule has 0 spiro atoms. The molecule has 0 radical (unpaired) electrons. The number of nitrogens with one attached hydrogen (secondary N) is 1. The molecule has 0 aliphatic rings. The Morgan fingerprint density at radius 1 is 1.21 bits per heavy atom. The maximum atomic E-state index is 13.1. The molecule has 0 unspecified atom stereocenters. The largest absolute Gasteiger partial charge is 0.345 e. The summed E-state index contributed by atoms with van der Waals surface area (Å²) in [6.45, 7) is 6.16. The Balaban J connectivity index is 1.94. The number of carbonyl (C=O) groups is 1. The number of benzene rings is 2. The number of hydrogen-bond donors (Lipinski definition) is 1. The van der Waals surface area contributed by atoms with E-state index in [1.54, 1.807) is 19.1 Å². The van der Waals surface area contributed by atoms with E-state index in [4.69, 9.17) is 0 Å². The van der Waals surface area contributed by atoms with E-state index >= 15 is 0 Å². The molecule has 0 fully saturated rings. The van der Waals surface area contributed by atoms with Gasteiger partial charge < -0.3 is 9.88 Å². The van der Waals surface area contributed by atoms with Crippen molar-refractivity contribution in [3.8, 4) is 0 Å². The second kappa shape index (κ2) is 6.66. The number of halogens is 1. The van der Waals surface area contributed by atoms with Gasteiger partial charge in [-0.25, -0.2) is 9.37 Å². The zero-order chi connectivity index (χ0) is 17.1. The van der Waals surface area contributed by atoms with Crippen molar-refractivity contribution < 1.29 is 9.18 Å². The van der Waals surface area contributed by atoms with Crippen molar-refractivity contribution in [1.29, 1.82) is 0 Å². The van der Waals surface area contributed by atoms with Crippen LogP contribution in [0.15, 0.2) is 60.7 Å². The van der Waals surface area contributed by atoms with Gasteiger partial charge in [-0.2, -0.15) is 0 Å². The van der Waals surface area contributed by atoms with Crippen molar-refractivity contribution in [2.24, 2.45) is 0 Å². The molecule has 1 heterocycles. The maximum Gasteiger partial charge on any atom is 0.246 e. The molecule has 24 heavy (non-hydrogen) atoms. The first-order valence-electron chi connectivity index (χ1n) is 7.67. The molecule has 1 N–H and O–H groups in total. The zero-order valence-corrected chi connectivity index (χ0v) is 13.4. The SMILES string of the molecule is C=C(C)C(=O)NCc1nc2ccccc2n1Cc1ccc(F)cc1. The van der Waals surface area contributed by atoms with Gasteiger partial charge in [0.2, 0.25) is 5.91 Å². The predicted octanol–water partition coefficient (Wildman–Crippen LogP) is 3.42. The lowest BCUT2D eigenvalue weighted by Crippen LogP contribution is -2.25. The number of fused-ring (bicyclic) bond motifs is 1. The summed E-state index contributed by atoms with van der Waals surface area (Å²) in [6, 6.07) is 14.2. The van der Waals surface area contributed by atoms with E-state index in [0.717, 1.165) is 22.4 Å². The van der Waals surface area contributed by atoms with Crippen molar-refractivity contribution in [3.05, 3.63) is 77.9 Å². The zero-order valence-electron chi connectivity index (χ0n) is 13.4. The number of rotatable bonds is 5. The van der Waals surface area contributed by atoms with Gasteiger partial charge in [0.25, 0.3) is 0 Å². The van der Waals surface area contributed by atoms with Crippen LogP contribution in [-0.2, 0) is 17.9 Å². The Hall–Kier alpha value is -2.95. The van der Waals surface area contributed by atoms with E-state index in [1.165, 1.54) is 12.1 Å². The topological polar surface area (TPSA) is 46.9 Å². The van der Waals surface area contributed by atoms with Gasteiger partial charge in [0.1, 0.15) is 11.6 Å². The first-order chi connectivity index (χ1) is 11.5. The van der Waals surface area contributed by atoms with Gasteiger partial charge in [0.15, 0.2) is 0 Å². The highest BCUT2D eigenvalue weighted by Gasteiger charge is 2.12. The molecule has 0 aliphatic carbocycles. The van der Waals surface area contributed by atoms with E-state index in [9.17, 15) is 9.18 Å². The highest BCUT2D eigenvalue weighted by atomic mass is 19.1. The Bertz CT molecular complexity index is 897. The molecule has 3 aromatic rings. The molecule has 3 rings (SSSR count). The van der Waals surface area contributed by atoms with Gasteiger partial charge in [-0.3, -0.25) is 4.79 Å². The summed E-state index contributed by atoms with van der Waals surface area (Å²) in [5.41, 5.74) is 3.25. The lowest BCUT2D eigenvalue weighted by atomic mass is 10.2. The Morgan fingerprint density at radius 2 is 1.92 bits per heavy atom. The van der Waals surface area contributed by atoms with Crippen LogP contribution >= 0.6 is 0 Å². The monoisotopic (exact) mass is 323 g/mol. The third-order valence-electron chi connectivity index (χ3n) is 3.78. The van der Waals surface area contributed by atoms with Gasteiger partial charge in [-0.1, -0.05) is 30.8 Å². The average Bonchev–Trinajstić information content (AvgIpc) is 2.92. The van der Waals surface area contributed by atoms with Crippen LogP contribution in [0.25, 0.3) is 11.0 Å². The summed E-state index contributed by atoms with van der Waals surface area (Å²) < 4.78 is 15.1. The number of aromatic nitrogens is 2. The fourth-order valence-electron chi connectivity index (χ4n) is 2.52. The van der Waals surface area contributed by atoms with Gasteiger partial charge >= 0.3 is 0 Å². The fraction of sp³-hybridized carbons (Fsp3) is 0.158. The van der Waals surface area contributed by atoms with E-state index in [-0.39, 0.29) is 11.7 Å². The van der Waals surface area contributed by atoms with Crippen molar-refractivity contribution in [3.63, 3.8) is 0 Å². The molecular formula is C19H18FN3O. The molecule has 2 aromatic carbocycles. The predicted molar refractivity (Wildman–Crippen MR) is 91.9 cm³/mol. The molecule has 0 saturated carbocycles. The van der Waals surface area contributed by atoms with Gasteiger partial charge in [0, 0.05) is 12.1 Å². The Kier molecular flexibility index (Phi) is 4.42. The minimum absolute atomic E-state index is 0.199. The minimum atomic E-state index is -0.261. The Labute approximate surface area is 139 Å². The normalized spacial score (nSPS) is 10.8. The number of carbonyl (C=O) groups excluding carboxylic acids is 1. The number of imidazole rings is 1. The van der Waals surface area contributed by atoms with Crippen molar-refractivity contribution in [2.45, 2.75) is 20.0 Å². The summed E-state index contributed by atoms with van der Waals surface area (Å²) in [4.78, 5) is 16.4. The van der Waals surface area contributed by atoms with E-state index < -0.39 is 0 Å². The van der Waals surface area contributed by atoms with E-state index in [0.29, 0.717) is 18.7 Å². The van der Waals surface area contributed by atoms with Crippen LogP contribution in [0.1, 0.15) is 18.3 Å². The van der Waals surface area contributed by atoms with Gasteiger partial charge in [-0.05, 0) is 36.8 Å². The van der Waals surface area contributed by atoms with Crippen molar-refractivity contribution in [2.75, 3.05) is 0 Å². The standard InChI is InChI=1S/C19H18FN3O/c1-13(2)19(24)21-11-18-22-16-5-3-4-6-17(16)23(18)12-14-7-9-15(20)10-8-14/h3-10H,1,11-12H2,2H3,(H,21,24). The highest BCUT2D eigenvalue weighted by molar-refractivity contribution is 5.92. The lowest BCUT2D eigenvalue weighted by molar-refractivity contribution is -0.117. The Morgan fingerprint density at radius 3 is 2.62 bits per heavy atom. The van der Waals surface area contributed by atoms with Crippen LogP contribution < -0.4 is 5.32 Å². The van der Waals surface area contributed by atoms with Crippen molar-refractivity contribution in [1.82, 2.24) is 14.9 Å². The van der Waals surface area contributed by atoms with Gasteiger partial charge in [0.05, 0.1) is 17.6 Å². The third-order valence-corrected chi connectivity index (χ3v) is 3.78. The van der Waals surface area contributed by atoms with E-state index in [2.05, 4.69) is 16.9 Å². The van der Waals surface area contributed by atoms with Crippen LogP contribution in [0.4, 0.5) is 4.39 Å². The molecule has 122 valence electrons.